The number of hydrogen-bond acceptors (Lipinski definition) is 4. The lowest BCUT2D eigenvalue weighted by molar-refractivity contribution is -0.117. The minimum Gasteiger partial charge on any atom is -0.340 e. The summed E-state index contributed by atoms with van der Waals surface area (Å²) in [6, 6.07) is 9.34. The molecule has 2 N–H and O–H groups in total. The molecular weight excluding hydrogens is 318 g/mol. The lowest BCUT2D eigenvalue weighted by Crippen LogP contribution is -2.33. The zero-order chi connectivity index (χ0) is 17.8. The molecule has 3 rings (SSSR count). The van der Waals surface area contributed by atoms with Crippen molar-refractivity contribution in [3.63, 3.8) is 0 Å². The van der Waals surface area contributed by atoms with Crippen LogP contribution in [0.4, 0.5) is 0 Å². The predicted molar refractivity (Wildman–Crippen MR) is 92.8 cm³/mol. The number of carbonyl (C=O) groups excluding carboxylic acids is 2. The average Bonchev–Trinajstić information content (AvgIpc) is 3.31. The number of aromatic nitrogens is 4. The number of hydrogen-bond donors (Lipinski definition) is 2. The van der Waals surface area contributed by atoms with E-state index in [0.29, 0.717) is 12.4 Å². The lowest BCUT2D eigenvalue weighted by Gasteiger charge is -2.10. The molecular formula is C18H19N5O2. The van der Waals surface area contributed by atoms with Crippen LogP contribution in [0.25, 0.3) is 11.3 Å². The molecule has 7 nitrogen and oxygen atoms in total. The first kappa shape index (κ1) is 16.6. The fourth-order valence-corrected chi connectivity index (χ4v) is 2.44. The summed E-state index contributed by atoms with van der Waals surface area (Å²) in [5, 5.41) is 6.68. The van der Waals surface area contributed by atoms with Crippen molar-refractivity contribution in [3.05, 3.63) is 60.3 Å². The molecule has 1 amide bonds. The van der Waals surface area contributed by atoms with E-state index in [-0.39, 0.29) is 5.56 Å². The molecule has 0 spiro atoms. The highest BCUT2D eigenvalue weighted by Gasteiger charge is 2.21. The second-order valence-corrected chi connectivity index (χ2v) is 5.66. The van der Waals surface area contributed by atoms with Crippen LogP contribution in [0, 0.1) is 0 Å². The number of ketones is 1. The Labute approximate surface area is 145 Å². The molecule has 0 aliphatic heterocycles. The zero-order valence-corrected chi connectivity index (χ0v) is 14.1. The van der Waals surface area contributed by atoms with E-state index in [1.165, 1.54) is 6.20 Å². The van der Waals surface area contributed by atoms with E-state index < -0.39 is 17.7 Å². The molecule has 0 bridgehead atoms. The van der Waals surface area contributed by atoms with Crippen molar-refractivity contribution in [3.8, 4) is 11.3 Å². The van der Waals surface area contributed by atoms with Gasteiger partial charge in [0.2, 0.25) is 0 Å². The molecule has 0 aliphatic carbocycles. The number of carbonyl (C=O) groups is 2. The van der Waals surface area contributed by atoms with Crippen LogP contribution in [-0.2, 0) is 11.3 Å². The predicted octanol–water partition coefficient (Wildman–Crippen LogP) is 2.35. The molecule has 7 heteroatoms. The molecule has 1 atom stereocenters. The van der Waals surface area contributed by atoms with Crippen molar-refractivity contribution in [1.82, 2.24) is 25.1 Å². The Bertz CT molecular complexity index is 882. The highest BCUT2D eigenvalue weighted by Crippen LogP contribution is 2.18. The summed E-state index contributed by atoms with van der Waals surface area (Å²) in [6.07, 6.45) is 4.67. The number of nitrogens with zero attached hydrogens (tertiary/aromatic N) is 3. The van der Waals surface area contributed by atoms with Crippen LogP contribution in [0.2, 0.25) is 0 Å². The smallest absolute Gasteiger partial charge is 0.293 e. The van der Waals surface area contributed by atoms with Gasteiger partial charge in [-0.05, 0) is 19.4 Å². The van der Waals surface area contributed by atoms with E-state index in [2.05, 4.69) is 20.4 Å². The van der Waals surface area contributed by atoms with Gasteiger partial charge in [0.05, 0.1) is 29.7 Å². The summed E-state index contributed by atoms with van der Waals surface area (Å²) in [7, 11) is 0. The van der Waals surface area contributed by atoms with Crippen LogP contribution in [0.1, 0.15) is 36.1 Å². The SMILES string of the molecule is CCn1cc(C(=O)C(=O)N[C@H](C)c2ncc(-c3ccccc3)[nH]2)cn1. The number of Topliss-reactive ketones (excluding diaryl/α,β-unsaturated/α-hetero) is 1. The number of nitrogens with one attached hydrogen (secondary N) is 2. The minimum atomic E-state index is -0.680. The zero-order valence-electron chi connectivity index (χ0n) is 14.1. The molecule has 0 saturated heterocycles. The van der Waals surface area contributed by atoms with E-state index in [1.54, 1.807) is 24.0 Å². The van der Waals surface area contributed by atoms with Crippen LogP contribution in [-0.4, -0.2) is 31.4 Å². The lowest BCUT2D eigenvalue weighted by atomic mass is 10.2. The summed E-state index contributed by atoms with van der Waals surface area (Å²) in [5.41, 5.74) is 2.13. The first-order valence-electron chi connectivity index (χ1n) is 8.06. The van der Waals surface area contributed by atoms with E-state index in [1.807, 2.05) is 37.3 Å². The van der Waals surface area contributed by atoms with E-state index in [0.717, 1.165) is 11.3 Å². The largest absolute Gasteiger partial charge is 0.340 e. The third kappa shape index (κ3) is 3.65. The van der Waals surface area contributed by atoms with Crippen molar-refractivity contribution >= 4 is 11.7 Å². The van der Waals surface area contributed by atoms with Gasteiger partial charge in [-0.2, -0.15) is 5.10 Å². The molecule has 3 aromatic rings. The van der Waals surface area contributed by atoms with Crippen LogP contribution < -0.4 is 5.32 Å². The second kappa shape index (κ2) is 7.12. The molecule has 1 aromatic carbocycles. The van der Waals surface area contributed by atoms with Crippen LogP contribution in [0.15, 0.2) is 48.9 Å². The molecule has 0 saturated carbocycles. The van der Waals surface area contributed by atoms with Crippen molar-refractivity contribution < 1.29 is 9.59 Å². The first-order valence-corrected chi connectivity index (χ1v) is 8.06. The Morgan fingerprint density at radius 2 is 2.00 bits per heavy atom. The van der Waals surface area contributed by atoms with Gasteiger partial charge in [-0.15, -0.1) is 0 Å². The Morgan fingerprint density at radius 1 is 1.24 bits per heavy atom. The summed E-state index contributed by atoms with van der Waals surface area (Å²) in [4.78, 5) is 31.8. The summed E-state index contributed by atoms with van der Waals surface area (Å²) < 4.78 is 1.60. The molecule has 0 fully saturated rings. The monoisotopic (exact) mass is 337 g/mol. The minimum absolute atomic E-state index is 0.274. The van der Waals surface area contributed by atoms with Crippen molar-refractivity contribution in [2.75, 3.05) is 0 Å². The summed E-state index contributed by atoms with van der Waals surface area (Å²) in [6.45, 7) is 4.32. The summed E-state index contributed by atoms with van der Waals surface area (Å²) in [5.74, 6) is -0.702. The van der Waals surface area contributed by atoms with Crippen LogP contribution >= 0.6 is 0 Å². The van der Waals surface area contributed by atoms with Gasteiger partial charge in [0.25, 0.3) is 11.7 Å². The Hall–Kier alpha value is -3.22. The highest BCUT2D eigenvalue weighted by molar-refractivity contribution is 6.42. The number of aryl methyl sites for hydroxylation is 1. The molecule has 128 valence electrons. The molecule has 0 unspecified atom stereocenters. The standard InChI is InChI=1S/C18H19N5O2/c1-3-23-11-14(9-20-23)16(24)18(25)21-12(2)17-19-10-15(22-17)13-7-5-4-6-8-13/h4-12H,3H2,1-2H3,(H,19,22)(H,21,25)/t12-/m1/s1. The highest BCUT2D eigenvalue weighted by atomic mass is 16.2. The molecule has 0 aliphatic rings. The van der Waals surface area contributed by atoms with Crippen LogP contribution in [0.3, 0.4) is 0 Å². The van der Waals surface area contributed by atoms with Gasteiger partial charge in [0, 0.05) is 12.7 Å². The Kier molecular flexibility index (Phi) is 4.74. The molecule has 2 heterocycles. The topological polar surface area (TPSA) is 92.7 Å². The van der Waals surface area contributed by atoms with Crippen molar-refractivity contribution in [2.24, 2.45) is 0 Å². The number of benzene rings is 1. The maximum atomic E-state index is 12.2. The van der Waals surface area contributed by atoms with E-state index >= 15 is 0 Å². The van der Waals surface area contributed by atoms with Gasteiger partial charge < -0.3 is 10.3 Å². The molecule has 2 aromatic heterocycles. The molecule has 0 radical (unpaired) electrons. The maximum Gasteiger partial charge on any atom is 0.293 e. The number of aromatic amines is 1. The second-order valence-electron chi connectivity index (χ2n) is 5.66. The summed E-state index contributed by atoms with van der Waals surface area (Å²) >= 11 is 0. The van der Waals surface area contributed by atoms with Gasteiger partial charge in [0.1, 0.15) is 5.82 Å². The van der Waals surface area contributed by atoms with Gasteiger partial charge in [0.15, 0.2) is 0 Å². The van der Waals surface area contributed by atoms with Gasteiger partial charge >= 0.3 is 0 Å². The number of H-pyrrole nitrogens is 1. The fourth-order valence-electron chi connectivity index (χ4n) is 2.44. The Morgan fingerprint density at radius 3 is 2.68 bits per heavy atom. The van der Waals surface area contributed by atoms with Gasteiger partial charge in [-0.1, -0.05) is 30.3 Å². The molecule has 25 heavy (non-hydrogen) atoms. The normalized spacial score (nSPS) is 11.9. The van der Waals surface area contributed by atoms with Gasteiger partial charge in [-0.3, -0.25) is 14.3 Å². The number of rotatable bonds is 6. The van der Waals surface area contributed by atoms with Crippen molar-refractivity contribution in [2.45, 2.75) is 26.4 Å². The number of imidazole rings is 1. The average molecular weight is 337 g/mol. The Balaban J connectivity index is 1.67. The third-order valence-corrected chi connectivity index (χ3v) is 3.86. The van der Waals surface area contributed by atoms with E-state index in [4.69, 9.17) is 0 Å². The number of amides is 1. The first-order chi connectivity index (χ1) is 12.1. The maximum absolute atomic E-state index is 12.2. The van der Waals surface area contributed by atoms with Crippen LogP contribution in [0.5, 0.6) is 0 Å². The van der Waals surface area contributed by atoms with Gasteiger partial charge in [-0.25, -0.2) is 4.98 Å². The fraction of sp³-hybridized carbons (Fsp3) is 0.222. The van der Waals surface area contributed by atoms with E-state index in [9.17, 15) is 9.59 Å². The quantitative estimate of drug-likeness (QED) is 0.533. The third-order valence-electron chi connectivity index (χ3n) is 3.86. The van der Waals surface area contributed by atoms with Crippen molar-refractivity contribution in [1.29, 1.82) is 0 Å².